The van der Waals surface area contributed by atoms with E-state index < -0.39 is 0 Å². The summed E-state index contributed by atoms with van der Waals surface area (Å²) in [5.74, 6) is 1.31. The first-order valence-electron chi connectivity index (χ1n) is 8.99. The number of piperidine rings is 1. The highest BCUT2D eigenvalue weighted by Crippen LogP contribution is 2.30. The minimum atomic E-state index is 0.309. The molecule has 0 aliphatic carbocycles. The van der Waals surface area contributed by atoms with Crippen molar-refractivity contribution in [1.82, 2.24) is 20.0 Å². The predicted molar refractivity (Wildman–Crippen MR) is 99.8 cm³/mol. The summed E-state index contributed by atoms with van der Waals surface area (Å²) in [7, 11) is 0. The Balaban J connectivity index is 1.46. The summed E-state index contributed by atoms with van der Waals surface area (Å²) in [6, 6.07) is 14.2. The van der Waals surface area contributed by atoms with Crippen LogP contribution >= 0.6 is 11.6 Å². The lowest BCUT2D eigenvalue weighted by Gasteiger charge is -2.34. The van der Waals surface area contributed by atoms with Crippen LogP contribution in [0.15, 0.2) is 53.2 Å². The van der Waals surface area contributed by atoms with Crippen molar-refractivity contribution >= 4 is 11.6 Å². The summed E-state index contributed by atoms with van der Waals surface area (Å²) in [6.07, 6.45) is 5.95. The highest BCUT2D eigenvalue weighted by molar-refractivity contribution is 6.31. The second-order valence-corrected chi connectivity index (χ2v) is 7.02. The fourth-order valence-corrected chi connectivity index (χ4v) is 3.70. The summed E-state index contributed by atoms with van der Waals surface area (Å²) in [4.78, 5) is 11.5. The third-order valence-corrected chi connectivity index (χ3v) is 5.17. The van der Waals surface area contributed by atoms with E-state index in [0.29, 0.717) is 30.7 Å². The molecule has 2 aromatic heterocycles. The summed E-state index contributed by atoms with van der Waals surface area (Å²) in [5, 5.41) is 4.86. The number of benzene rings is 1. The fraction of sp³-hybridized carbons (Fsp3) is 0.350. The van der Waals surface area contributed by atoms with Gasteiger partial charge >= 0.3 is 0 Å². The lowest BCUT2D eigenvalue weighted by Crippen LogP contribution is -2.33. The van der Waals surface area contributed by atoms with Crippen molar-refractivity contribution in [3.05, 3.63) is 76.7 Å². The van der Waals surface area contributed by atoms with Gasteiger partial charge in [-0.15, -0.1) is 0 Å². The second-order valence-electron chi connectivity index (χ2n) is 6.61. The Hall–Kier alpha value is -2.24. The molecule has 1 saturated heterocycles. The standard InChI is InChI=1S/C20H21ClN4O/c21-16-8-2-1-7-15(16)13-19-23-20(26-24-19)14-25-12-6-4-10-18(25)17-9-3-5-11-22-17/h1-3,5,7-9,11,18H,4,6,10,12-14H2/t18-/m0/s1. The molecule has 1 fully saturated rings. The van der Waals surface area contributed by atoms with Gasteiger partial charge in [-0.1, -0.05) is 47.4 Å². The number of pyridine rings is 1. The van der Waals surface area contributed by atoms with Crippen molar-refractivity contribution in [2.24, 2.45) is 0 Å². The van der Waals surface area contributed by atoms with Gasteiger partial charge in [-0.3, -0.25) is 9.88 Å². The highest BCUT2D eigenvalue weighted by atomic mass is 35.5. The van der Waals surface area contributed by atoms with E-state index in [4.69, 9.17) is 16.1 Å². The van der Waals surface area contributed by atoms with E-state index in [1.54, 1.807) is 0 Å². The zero-order valence-electron chi connectivity index (χ0n) is 14.5. The normalized spacial score (nSPS) is 18.1. The second kappa shape index (κ2) is 7.98. The van der Waals surface area contributed by atoms with Gasteiger partial charge in [-0.2, -0.15) is 4.98 Å². The topological polar surface area (TPSA) is 55.1 Å². The summed E-state index contributed by atoms with van der Waals surface area (Å²) in [6.45, 7) is 1.67. The van der Waals surface area contributed by atoms with Crippen LogP contribution in [0.5, 0.6) is 0 Å². The molecule has 0 radical (unpaired) electrons. The van der Waals surface area contributed by atoms with Gasteiger partial charge in [0.25, 0.3) is 0 Å². The zero-order chi connectivity index (χ0) is 17.8. The van der Waals surface area contributed by atoms with Crippen LogP contribution in [0.4, 0.5) is 0 Å². The van der Waals surface area contributed by atoms with Crippen LogP contribution in [0.2, 0.25) is 5.02 Å². The summed E-state index contributed by atoms with van der Waals surface area (Å²) >= 11 is 6.22. The molecule has 5 nitrogen and oxygen atoms in total. The van der Waals surface area contributed by atoms with Gasteiger partial charge in [0.15, 0.2) is 5.82 Å². The molecule has 0 N–H and O–H groups in total. The number of hydrogen-bond acceptors (Lipinski definition) is 5. The molecular weight excluding hydrogens is 348 g/mol. The Morgan fingerprint density at radius 1 is 1.12 bits per heavy atom. The van der Waals surface area contributed by atoms with Crippen molar-refractivity contribution in [3.63, 3.8) is 0 Å². The highest BCUT2D eigenvalue weighted by Gasteiger charge is 2.26. The van der Waals surface area contributed by atoms with Crippen LogP contribution in [0.25, 0.3) is 0 Å². The largest absolute Gasteiger partial charge is 0.338 e. The fourth-order valence-electron chi connectivity index (χ4n) is 3.50. The van der Waals surface area contributed by atoms with Gasteiger partial charge in [0.1, 0.15) is 0 Å². The molecule has 0 bridgehead atoms. The quantitative estimate of drug-likeness (QED) is 0.666. The Kier molecular flexibility index (Phi) is 5.27. The molecule has 1 aliphatic rings. The molecule has 4 rings (SSSR count). The molecule has 1 atom stereocenters. The molecule has 1 aliphatic heterocycles. The average Bonchev–Trinajstić information content (AvgIpc) is 3.12. The maximum absolute atomic E-state index is 6.22. The van der Waals surface area contributed by atoms with Crippen LogP contribution in [0, 0.1) is 0 Å². The molecular formula is C20H21ClN4O. The number of halogens is 1. The van der Waals surface area contributed by atoms with Crippen molar-refractivity contribution in [1.29, 1.82) is 0 Å². The van der Waals surface area contributed by atoms with Crippen LogP contribution in [-0.2, 0) is 13.0 Å². The molecule has 0 spiro atoms. The van der Waals surface area contributed by atoms with Crippen LogP contribution < -0.4 is 0 Å². The van der Waals surface area contributed by atoms with Crippen LogP contribution in [-0.4, -0.2) is 26.6 Å². The Morgan fingerprint density at radius 2 is 2.00 bits per heavy atom. The van der Waals surface area contributed by atoms with Gasteiger partial charge in [-0.25, -0.2) is 0 Å². The number of aromatic nitrogens is 3. The Morgan fingerprint density at radius 3 is 2.85 bits per heavy atom. The lowest BCUT2D eigenvalue weighted by molar-refractivity contribution is 0.121. The van der Waals surface area contributed by atoms with Crippen molar-refractivity contribution in [2.75, 3.05) is 6.54 Å². The SMILES string of the molecule is Clc1ccccc1Cc1noc(CN2CCCC[C@H]2c2ccccn2)n1. The predicted octanol–water partition coefficient (Wildman–Crippen LogP) is 4.44. The molecule has 0 unspecified atom stereocenters. The molecule has 3 heterocycles. The van der Waals surface area contributed by atoms with E-state index in [1.807, 2.05) is 42.6 Å². The van der Waals surface area contributed by atoms with Gasteiger partial charge in [0.05, 0.1) is 18.3 Å². The van der Waals surface area contributed by atoms with Crippen molar-refractivity contribution < 1.29 is 4.52 Å². The zero-order valence-corrected chi connectivity index (χ0v) is 15.3. The van der Waals surface area contributed by atoms with Gasteiger partial charge in [-0.05, 0) is 43.1 Å². The molecule has 3 aromatic rings. The minimum absolute atomic E-state index is 0.309. The lowest BCUT2D eigenvalue weighted by atomic mass is 9.99. The molecule has 0 amide bonds. The monoisotopic (exact) mass is 368 g/mol. The van der Waals surface area contributed by atoms with Crippen molar-refractivity contribution in [3.8, 4) is 0 Å². The first-order valence-corrected chi connectivity index (χ1v) is 9.37. The minimum Gasteiger partial charge on any atom is -0.338 e. The smallest absolute Gasteiger partial charge is 0.240 e. The Labute approximate surface area is 158 Å². The van der Waals surface area contributed by atoms with E-state index in [-0.39, 0.29) is 0 Å². The van der Waals surface area contributed by atoms with E-state index in [9.17, 15) is 0 Å². The molecule has 1 aromatic carbocycles. The van der Waals surface area contributed by atoms with E-state index in [2.05, 4.69) is 26.1 Å². The van der Waals surface area contributed by atoms with Gasteiger partial charge < -0.3 is 4.52 Å². The first-order chi connectivity index (χ1) is 12.8. The number of likely N-dealkylation sites (tertiary alicyclic amines) is 1. The summed E-state index contributed by atoms with van der Waals surface area (Å²) in [5.41, 5.74) is 2.12. The molecule has 0 saturated carbocycles. The number of rotatable bonds is 5. The van der Waals surface area contributed by atoms with Gasteiger partial charge in [0, 0.05) is 17.6 Å². The van der Waals surface area contributed by atoms with E-state index in [1.165, 1.54) is 12.8 Å². The molecule has 134 valence electrons. The first kappa shape index (κ1) is 17.2. The van der Waals surface area contributed by atoms with E-state index >= 15 is 0 Å². The number of nitrogens with zero attached hydrogens (tertiary/aromatic N) is 4. The average molecular weight is 369 g/mol. The maximum Gasteiger partial charge on any atom is 0.240 e. The number of hydrogen-bond donors (Lipinski definition) is 0. The third-order valence-electron chi connectivity index (χ3n) is 4.80. The van der Waals surface area contributed by atoms with E-state index in [0.717, 1.165) is 29.2 Å². The van der Waals surface area contributed by atoms with Crippen LogP contribution in [0.1, 0.15) is 48.3 Å². The summed E-state index contributed by atoms with van der Waals surface area (Å²) < 4.78 is 5.50. The molecule has 26 heavy (non-hydrogen) atoms. The maximum atomic E-state index is 6.22. The van der Waals surface area contributed by atoms with Gasteiger partial charge in [0.2, 0.25) is 5.89 Å². The third kappa shape index (κ3) is 3.94. The van der Waals surface area contributed by atoms with Crippen LogP contribution in [0.3, 0.4) is 0 Å². The molecule has 6 heteroatoms. The Bertz CT molecular complexity index is 852. The van der Waals surface area contributed by atoms with Crippen molar-refractivity contribution in [2.45, 2.75) is 38.3 Å².